The van der Waals surface area contributed by atoms with Gasteiger partial charge in [-0.15, -0.1) is 0 Å². The maximum atomic E-state index is 12.9. The molecule has 0 saturated carbocycles. The van der Waals surface area contributed by atoms with Gasteiger partial charge in [0.25, 0.3) is 5.91 Å². The second kappa shape index (κ2) is 5.60. The minimum atomic E-state index is -3.02. The summed E-state index contributed by atoms with van der Waals surface area (Å²) in [6.07, 6.45) is 0.506. The van der Waals surface area contributed by atoms with Crippen LogP contribution < -0.4 is 0 Å². The smallest absolute Gasteiger partial charge is 0.254 e. The Morgan fingerprint density at radius 2 is 2.00 bits per heavy atom. The van der Waals surface area contributed by atoms with E-state index >= 15 is 0 Å². The molecule has 23 heavy (non-hydrogen) atoms. The number of sulfone groups is 1. The van der Waals surface area contributed by atoms with Crippen LogP contribution in [0.25, 0.3) is 10.9 Å². The van der Waals surface area contributed by atoms with Crippen molar-refractivity contribution in [2.24, 2.45) is 0 Å². The van der Waals surface area contributed by atoms with Gasteiger partial charge >= 0.3 is 0 Å². The maximum Gasteiger partial charge on any atom is 0.254 e. The zero-order valence-corrected chi connectivity index (χ0v) is 14.4. The van der Waals surface area contributed by atoms with Gasteiger partial charge in [0, 0.05) is 24.2 Å². The van der Waals surface area contributed by atoms with Crippen molar-refractivity contribution in [3.05, 3.63) is 41.1 Å². The summed E-state index contributed by atoms with van der Waals surface area (Å²) in [7, 11) is -1.33. The molecule has 1 aliphatic rings. The molecule has 1 saturated heterocycles. The highest BCUT2D eigenvalue weighted by molar-refractivity contribution is 7.91. The Morgan fingerprint density at radius 1 is 1.26 bits per heavy atom. The molecule has 1 atom stereocenters. The van der Waals surface area contributed by atoms with E-state index in [4.69, 9.17) is 0 Å². The quantitative estimate of drug-likeness (QED) is 0.845. The highest BCUT2D eigenvalue weighted by Crippen LogP contribution is 2.24. The lowest BCUT2D eigenvalue weighted by Gasteiger charge is -2.24. The average Bonchev–Trinajstić information content (AvgIpc) is 2.85. The molecule has 2 heterocycles. The first-order valence-electron chi connectivity index (χ1n) is 7.62. The lowest BCUT2D eigenvalue weighted by atomic mass is 10.0. The van der Waals surface area contributed by atoms with Gasteiger partial charge in [-0.2, -0.15) is 0 Å². The lowest BCUT2D eigenvalue weighted by Crippen LogP contribution is -2.38. The van der Waals surface area contributed by atoms with E-state index in [1.54, 1.807) is 18.0 Å². The fourth-order valence-electron chi connectivity index (χ4n) is 3.09. The van der Waals surface area contributed by atoms with Gasteiger partial charge in [-0.3, -0.25) is 9.78 Å². The van der Waals surface area contributed by atoms with Gasteiger partial charge in [0.15, 0.2) is 9.84 Å². The number of aromatic nitrogens is 1. The van der Waals surface area contributed by atoms with Gasteiger partial charge < -0.3 is 4.90 Å². The Morgan fingerprint density at radius 3 is 2.65 bits per heavy atom. The van der Waals surface area contributed by atoms with Crippen molar-refractivity contribution in [2.75, 3.05) is 18.6 Å². The molecular formula is C17H20N2O3S. The van der Waals surface area contributed by atoms with E-state index in [1.807, 2.05) is 32.0 Å². The predicted molar refractivity (Wildman–Crippen MR) is 90.4 cm³/mol. The number of carbonyl (C=O) groups excluding carboxylic acids is 1. The highest BCUT2D eigenvalue weighted by atomic mass is 32.2. The molecular weight excluding hydrogens is 312 g/mol. The summed E-state index contributed by atoms with van der Waals surface area (Å²) in [6, 6.07) is 7.36. The second-order valence-corrected chi connectivity index (χ2v) is 8.53. The van der Waals surface area contributed by atoms with Gasteiger partial charge in [0.05, 0.1) is 22.6 Å². The minimum absolute atomic E-state index is 0.0519. The molecule has 0 aliphatic carbocycles. The molecule has 0 N–H and O–H groups in total. The SMILES string of the molecule is Cc1ccc2nc(C)cc(C(=O)N(C)C3CCS(=O)(=O)C3)c2c1. The Hall–Kier alpha value is -1.95. The van der Waals surface area contributed by atoms with Crippen molar-refractivity contribution in [1.82, 2.24) is 9.88 Å². The van der Waals surface area contributed by atoms with Crippen LogP contribution in [0.1, 0.15) is 28.0 Å². The fourth-order valence-corrected chi connectivity index (χ4v) is 4.86. The summed E-state index contributed by atoms with van der Waals surface area (Å²) in [6.45, 7) is 3.83. The second-order valence-electron chi connectivity index (χ2n) is 6.30. The normalized spacial score (nSPS) is 19.9. The van der Waals surface area contributed by atoms with Crippen LogP contribution in [0.2, 0.25) is 0 Å². The van der Waals surface area contributed by atoms with Gasteiger partial charge in [0.1, 0.15) is 0 Å². The maximum absolute atomic E-state index is 12.9. The van der Waals surface area contributed by atoms with Gasteiger partial charge in [-0.25, -0.2) is 8.42 Å². The van der Waals surface area contributed by atoms with Crippen LogP contribution in [0.4, 0.5) is 0 Å². The average molecular weight is 332 g/mol. The summed E-state index contributed by atoms with van der Waals surface area (Å²) < 4.78 is 23.3. The Bertz CT molecular complexity index is 890. The molecule has 0 radical (unpaired) electrons. The summed E-state index contributed by atoms with van der Waals surface area (Å²) >= 11 is 0. The molecule has 2 aromatic rings. The van der Waals surface area contributed by atoms with Crippen LogP contribution in [0.5, 0.6) is 0 Å². The third-order valence-corrected chi connectivity index (χ3v) is 6.15. The molecule has 1 unspecified atom stereocenters. The number of hydrogen-bond acceptors (Lipinski definition) is 4. The monoisotopic (exact) mass is 332 g/mol. The van der Waals surface area contributed by atoms with Crippen LogP contribution in [0, 0.1) is 13.8 Å². The molecule has 0 spiro atoms. The van der Waals surface area contributed by atoms with E-state index in [1.165, 1.54) is 0 Å². The molecule has 122 valence electrons. The number of pyridine rings is 1. The van der Waals surface area contributed by atoms with E-state index in [0.717, 1.165) is 22.2 Å². The fraction of sp³-hybridized carbons (Fsp3) is 0.412. The number of benzene rings is 1. The topological polar surface area (TPSA) is 67.3 Å². The number of amides is 1. The first kappa shape index (κ1) is 15.9. The van der Waals surface area contributed by atoms with Crippen molar-refractivity contribution in [1.29, 1.82) is 0 Å². The molecule has 6 heteroatoms. The van der Waals surface area contributed by atoms with Crippen LogP contribution in [-0.2, 0) is 9.84 Å². The molecule has 0 bridgehead atoms. The molecule has 1 amide bonds. The van der Waals surface area contributed by atoms with Crippen molar-refractivity contribution < 1.29 is 13.2 Å². The van der Waals surface area contributed by atoms with Crippen LogP contribution in [-0.4, -0.2) is 48.8 Å². The lowest BCUT2D eigenvalue weighted by molar-refractivity contribution is 0.0749. The summed E-state index contributed by atoms with van der Waals surface area (Å²) in [5.74, 6) is 0.0639. The molecule has 1 aromatic carbocycles. The van der Waals surface area contributed by atoms with Crippen LogP contribution in [0.3, 0.4) is 0 Å². The number of rotatable bonds is 2. The largest absolute Gasteiger partial charge is 0.338 e. The third-order valence-electron chi connectivity index (χ3n) is 4.40. The number of nitrogens with zero attached hydrogens (tertiary/aromatic N) is 2. The van der Waals surface area contributed by atoms with Gasteiger partial charge in [-0.05, 0) is 38.5 Å². The minimum Gasteiger partial charge on any atom is -0.338 e. The summed E-state index contributed by atoms with van der Waals surface area (Å²) in [4.78, 5) is 19.0. The van der Waals surface area contributed by atoms with Crippen molar-refractivity contribution in [3.8, 4) is 0 Å². The molecule has 1 fully saturated rings. The third kappa shape index (κ3) is 3.08. The van der Waals surface area contributed by atoms with Crippen LogP contribution in [0.15, 0.2) is 24.3 Å². The summed E-state index contributed by atoms with van der Waals surface area (Å²) in [5, 5.41) is 0.813. The summed E-state index contributed by atoms with van der Waals surface area (Å²) in [5.41, 5.74) is 3.20. The van der Waals surface area contributed by atoms with Crippen molar-refractivity contribution in [2.45, 2.75) is 26.3 Å². The predicted octanol–water partition coefficient (Wildman–Crippen LogP) is 2.11. The van der Waals surface area contributed by atoms with Crippen molar-refractivity contribution >= 4 is 26.6 Å². The van der Waals surface area contributed by atoms with Crippen LogP contribution >= 0.6 is 0 Å². The molecule has 5 nitrogen and oxygen atoms in total. The molecule has 3 rings (SSSR count). The Kier molecular flexibility index (Phi) is 3.88. The standard InChI is InChI=1S/C17H20N2O3S/c1-11-4-5-16-14(8-11)15(9-12(2)18-16)17(20)19(3)13-6-7-23(21,22)10-13/h4-5,8-9,13H,6-7,10H2,1-3H3. The Balaban J connectivity index is 2.02. The number of fused-ring (bicyclic) bond motifs is 1. The zero-order chi connectivity index (χ0) is 16.8. The highest BCUT2D eigenvalue weighted by Gasteiger charge is 2.33. The molecule has 1 aromatic heterocycles. The molecule has 1 aliphatic heterocycles. The number of carbonyl (C=O) groups is 1. The van der Waals surface area contributed by atoms with E-state index in [-0.39, 0.29) is 23.5 Å². The van der Waals surface area contributed by atoms with Gasteiger partial charge in [0.2, 0.25) is 0 Å². The van der Waals surface area contributed by atoms with E-state index in [9.17, 15) is 13.2 Å². The first-order chi connectivity index (χ1) is 10.8. The number of aryl methyl sites for hydroxylation is 2. The Labute approximate surface area is 136 Å². The van der Waals surface area contributed by atoms with E-state index in [2.05, 4.69) is 4.98 Å². The van der Waals surface area contributed by atoms with Crippen molar-refractivity contribution in [3.63, 3.8) is 0 Å². The van der Waals surface area contributed by atoms with E-state index < -0.39 is 9.84 Å². The van der Waals surface area contributed by atoms with Gasteiger partial charge in [-0.1, -0.05) is 11.6 Å². The zero-order valence-electron chi connectivity index (χ0n) is 13.5. The van der Waals surface area contributed by atoms with E-state index in [0.29, 0.717) is 12.0 Å². The first-order valence-corrected chi connectivity index (χ1v) is 9.44. The number of hydrogen-bond donors (Lipinski definition) is 0.